The van der Waals surface area contributed by atoms with E-state index in [-0.39, 0.29) is 6.10 Å². The number of ether oxygens (including phenoxy) is 1. The van der Waals surface area contributed by atoms with Gasteiger partial charge in [-0.2, -0.15) is 5.10 Å². The number of hydrogen-bond acceptors (Lipinski definition) is 4. The van der Waals surface area contributed by atoms with Crippen LogP contribution in [0.25, 0.3) is 0 Å². The van der Waals surface area contributed by atoms with Crippen molar-refractivity contribution in [1.82, 2.24) is 20.1 Å². The van der Waals surface area contributed by atoms with E-state index in [1.807, 2.05) is 18.5 Å². The Morgan fingerprint density at radius 2 is 2.43 bits per heavy atom. The molecule has 0 amide bonds. The molecule has 1 aliphatic heterocycles. The van der Waals surface area contributed by atoms with Gasteiger partial charge in [0.25, 0.3) is 0 Å². The molecule has 0 spiro atoms. The van der Waals surface area contributed by atoms with E-state index in [4.69, 9.17) is 4.74 Å². The SMILES string of the molecule is Cc1nc(C)n(C[C@@H]2CNCCO2)n1. The Labute approximate surface area is 83.5 Å². The number of rotatable bonds is 2. The highest BCUT2D eigenvalue weighted by molar-refractivity contribution is 4.88. The van der Waals surface area contributed by atoms with Gasteiger partial charge in [-0.05, 0) is 13.8 Å². The first kappa shape index (κ1) is 9.61. The summed E-state index contributed by atoms with van der Waals surface area (Å²) in [5.41, 5.74) is 0. The molecule has 5 nitrogen and oxygen atoms in total. The fourth-order valence-electron chi connectivity index (χ4n) is 1.66. The lowest BCUT2D eigenvalue weighted by molar-refractivity contribution is 0.0157. The molecule has 1 aromatic heterocycles. The molecule has 14 heavy (non-hydrogen) atoms. The molecule has 2 heterocycles. The Bertz CT molecular complexity index is 304. The lowest BCUT2D eigenvalue weighted by atomic mass is 10.3. The van der Waals surface area contributed by atoms with Crippen molar-refractivity contribution in [2.45, 2.75) is 26.5 Å². The minimum Gasteiger partial charge on any atom is -0.374 e. The average molecular weight is 196 g/mol. The molecule has 1 atom stereocenters. The summed E-state index contributed by atoms with van der Waals surface area (Å²) in [6.45, 7) is 7.31. The van der Waals surface area contributed by atoms with Crippen molar-refractivity contribution in [3.8, 4) is 0 Å². The van der Waals surface area contributed by atoms with Gasteiger partial charge in [0.15, 0.2) is 0 Å². The Kier molecular flexibility index (Phi) is 2.79. The second-order valence-corrected chi connectivity index (χ2v) is 3.59. The number of nitrogens with zero attached hydrogens (tertiary/aromatic N) is 3. The molecule has 78 valence electrons. The maximum Gasteiger partial charge on any atom is 0.147 e. The van der Waals surface area contributed by atoms with Crippen LogP contribution in [0.3, 0.4) is 0 Å². The van der Waals surface area contributed by atoms with Gasteiger partial charge in [-0.15, -0.1) is 0 Å². The summed E-state index contributed by atoms with van der Waals surface area (Å²) >= 11 is 0. The molecule has 0 bridgehead atoms. The fourth-order valence-corrected chi connectivity index (χ4v) is 1.66. The third kappa shape index (κ3) is 2.10. The van der Waals surface area contributed by atoms with E-state index in [9.17, 15) is 0 Å². The molecule has 2 rings (SSSR count). The van der Waals surface area contributed by atoms with Gasteiger partial charge in [0.1, 0.15) is 11.6 Å². The molecule has 1 saturated heterocycles. The molecule has 1 aliphatic rings. The smallest absolute Gasteiger partial charge is 0.147 e. The Morgan fingerprint density at radius 1 is 1.57 bits per heavy atom. The molecule has 5 heteroatoms. The summed E-state index contributed by atoms with van der Waals surface area (Å²) in [4.78, 5) is 4.25. The van der Waals surface area contributed by atoms with E-state index < -0.39 is 0 Å². The van der Waals surface area contributed by atoms with Crippen LogP contribution in [0.5, 0.6) is 0 Å². The fraction of sp³-hybridized carbons (Fsp3) is 0.778. The van der Waals surface area contributed by atoms with Gasteiger partial charge >= 0.3 is 0 Å². The zero-order chi connectivity index (χ0) is 9.97. The largest absolute Gasteiger partial charge is 0.374 e. The zero-order valence-corrected chi connectivity index (χ0v) is 8.66. The summed E-state index contributed by atoms with van der Waals surface area (Å²) in [7, 11) is 0. The maximum atomic E-state index is 5.60. The second-order valence-electron chi connectivity index (χ2n) is 3.59. The van der Waals surface area contributed by atoms with Crippen LogP contribution < -0.4 is 5.32 Å². The lowest BCUT2D eigenvalue weighted by Gasteiger charge is -2.23. The Morgan fingerprint density at radius 3 is 3.00 bits per heavy atom. The van der Waals surface area contributed by atoms with Gasteiger partial charge in [-0.1, -0.05) is 0 Å². The monoisotopic (exact) mass is 196 g/mol. The van der Waals surface area contributed by atoms with Crippen LogP contribution in [-0.2, 0) is 11.3 Å². The molecule has 0 saturated carbocycles. The van der Waals surface area contributed by atoms with Crippen LogP contribution in [0.1, 0.15) is 11.6 Å². The topological polar surface area (TPSA) is 52.0 Å². The first-order valence-corrected chi connectivity index (χ1v) is 4.96. The van der Waals surface area contributed by atoms with E-state index >= 15 is 0 Å². The summed E-state index contributed by atoms with van der Waals surface area (Å²) in [6, 6.07) is 0. The van der Waals surface area contributed by atoms with E-state index in [1.165, 1.54) is 0 Å². The summed E-state index contributed by atoms with van der Waals surface area (Å²) < 4.78 is 7.50. The predicted octanol–water partition coefficient (Wildman–Crippen LogP) is -0.117. The van der Waals surface area contributed by atoms with Crippen molar-refractivity contribution in [3.05, 3.63) is 11.6 Å². The van der Waals surface area contributed by atoms with Crippen molar-refractivity contribution < 1.29 is 4.74 Å². The quantitative estimate of drug-likeness (QED) is 0.716. The Balaban J connectivity index is 1.98. The molecular formula is C9H16N4O. The van der Waals surface area contributed by atoms with Gasteiger partial charge < -0.3 is 10.1 Å². The van der Waals surface area contributed by atoms with Crippen molar-refractivity contribution in [1.29, 1.82) is 0 Å². The normalized spacial score (nSPS) is 22.6. The lowest BCUT2D eigenvalue weighted by Crippen LogP contribution is -2.41. The van der Waals surface area contributed by atoms with Crippen molar-refractivity contribution in [3.63, 3.8) is 0 Å². The summed E-state index contributed by atoms with van der Waals surface area (Å²) in [5, 5.41) is 7.60. The summed E-state index contributed by atoms with van der Waals surface area (Å²) in [5.74, 6) is 1.78. The molecule has 1 N–H and O–H groups in total. The van der Waals surface area contributed by atoms with Gasteiger partial charge in [0.05, 0.1) is 19.3 Å². The highest BCUT2D eigenvalue weighted by atomic mass is 16.5. The molecule has 0 aliphatic carbocycles. The highest BCUT2D eigenvalue weighted by Gasteiger charge is 2.15. The molecule has 0 radical (unpaired) electrons. The second kappa shape index (κ2) is 4.06. The number of aryl methyl sites for hydroxylation is 2. The molecule has 1 fully saturated rings. The average Bonchev–Trinajstić information content (AvgIpc) is 2.47. The molecular weight excluding hydrogens is 180 g/mol. The molecule has 0 aromatic carbocycles. The minimum absolute atomic E-state index is 0.226. The summed E-state index contributed by atoms with van der Waals surface area (Å²) in [6.07, 6.45) is 0.226. The van der Waals surface area contributed by atoms with Crippen LogP contribution in [0, 0.1) is 13.8 Å². The molecule has 0 unspecified atom stereocenters. The van der Waals surface area contributed by atoms with Gasteiger partial charge in [-0.25, -0.2) is 9.67 Å². The van der Waals surface area contributed by atoms with E-state index in [0.29, 0.717) is 0 Å². The number of morpholine rings is 1. The van der Waals surface area contributed by atoms with E-state index in [2.05, 4.69) is 15.4 Å². The Hall–Kier alpha value is -0.940. The zero-order valence-electron chi connectivity index (χ0n) is 8.66. The highest BCUT2D eigenvalue weighted by Crippen LogP contribution is 2.02. The third-order valence-corrected chi connectivity index (χ3v) is 2.34. The predicted molar refractivity (Wildman–Crippen MR) is 52.1 cm³/mol. The first-order valence-electron chi connectivity index (χ1n) is 4.96. The minimum atomic E-state index is 0.226. The number of aromatic nitrogens is 3. The van der Waals surface area contributed by atoms with Crippen LogP contribution in [-0.4, -0.2) is 40.6 Å². The van der Waals surface area contributed by atoms with Crippen molar-refractivity contribution >= 4 is 0 Å². The maximum absolute atomic E-state index is 5.60. The van der Waals surface area contributed by atoms with Crippen molar-refractivity contribution in [2.75, 3.05) is 19.7 Å². The number of hydrogen-bond donors (Lipinski definition) is 1. The standard InChI is InChI=1S/C9H16N4O/c1-7-11-8(2)13(12-7)6-9-5-10-3-4-14-9/h9-10H,3-6H2,1-2H3/t9-/m0/s1. The van der Waals surface area contributed by atoms with E-state index in [1.54, 1.807) is 0 Å². The van der Waals surface area contributed by atoms with Crippen LogP contribution in [0.4, 0.5) is 0 Å². The van der Waals surface area contributed by atoms with Gasteiger partial charge in [-0.3, -0.25) is 0 Å². The van der Waals surface area contributed by atoms with Gasteiger partial charge in [0.2, 0.25) is 0 Å². The third-order valence-electron chi connectivity index (χ3n) is 2.34. The first-order chi connectivity index (χ1) is 6.75. The van der Waals surface area contributed by atoms with Crippen molar-refractivity contribution in [2.24, 2.45) is 0 Å². The van der Waals surface area contributed by atoms with E-state index in [0.717, 1.165) is 37.9 Å². The van der Waals surface area contributed by atoms with Crippen LogP contribution in [0.15, 0.2) is 0 Å². The van der Waals surface area contributed by atoms with Gasteiger partial charge in [0, 0.05) is 13.1 Å². The van der Waals surface area contributed by atoms with Crippen LogP contribution in [0.2, 0.25) is 0 Å². The number of nitrogens with one attached hydrogen (secondary N) is 1. The van der Waals surface area contributed by atoms with Crippen LogP contribution >= 0.6 is 0 Å². The molecule has 1 aromatic rings.